The van der Waals surface area contributed by atoms with Gasteiger partial charge in [-0.25, -0.2) is 0 Å². The molecule has 112 valence electrons. The van der Waals surface area contributed by atoms with Gasteiger partial charge in [-0.3, -0.25) is 4.79 Å². The second-order valence-corrected chi connectivity index (χ2v) is 5.73. The number of carbonyl (C=O) groups excluding carboxylic acids is 1. The van der Waals surface area contributed by atoms with Gasteiger partial charge in [0.1, 0.15) is 5.76 Å². The highest BCUT2D eigenvalue weighted by Crippen LogP contribution is 2.14. The summed E-state index contributed by atoms with van der Waals surface area (Å²) in [5, 5.41) is 13.1. The summed E-state index contributed by atoms with van der Waals surface area (Å²) >= 11 is 0. The van der Waals surface area contributed by atoms with Gasteiger partial charge in [-0.15, -0.1) is 0 Å². The predicted molar refractivity (Wildman–Crippen MR) is 81.3 cm³/mol. The zero-order chi connectivity index (χ0) is 15.5. The van der Waals surface area contributed by atoms with Crippen molar-refractivity contribution in [3.8, 4) is 0 Å². The maximum Gasteiger partial charge on any atom is 0.251 e. The van der Waals surface area contributed by atoms with E-state index in [1.807, 2.05) is 26.0 Å². The Morgan fingerprint density at radius 2 is 2.05 bits per heavy atom. The summed E-state index contributed by atoms with van der Waals surface area (Å²) < 4.78 is 5.22. The molecule has 0 saturated heterocycles. The third-order valence-electron chi connectivity index (χ3n) is 3.53. The molecule has 4 nitrogen and oxygen atoms in total. The van der Waals surface area contributed by atoms with E-state index < -0.39 is 5.60 Å². The first-order chi connectivity index (χ1) is 9.87. The molecule has 0 bridgehead atoms. The molecular formula is C17H21NO3. The van der Waals surface area contributed by atoms with Crippen LogP contribution in [-0.2, 0) is 6.42 Å². The molecule has 4 heteroatoms. The van der Waals surface area contributed by atoms with Crippen molar-refractivity contribution in [3.05, 3.63) is 59.0 Å². The van der Waals surface area contributed by atoms with Gasteiger partial charge in [0.2, 0.25) is 0 Å². The standard InChI is InChI=1S/C17H21NO3/c1-12-6-7-14(9-13(12)2)16(19)18-11-17(3,20)10-15-5-4-8-21-15/h4-9,20H,10-11H2,1-3H3,(H,18,19). The molecule has 1 unspecified atom stereocenters. The topological polar surface area (TPSA) is 62.5 Å². The Morgan fingerprint density at radius 1 is 1.29 bits per heavy atom. The Balaban J connectivity index is 1.95. The molecule has 1 heterocycles. The molecule has 0 aliphatic carbocycles. The Morgan fingerprint density at radius 3 is 2.67 bits per heavy atom. The molecule has 1 aromatic heterocycles. The molecule has 1 aromatic carbocycles. The lowest BCUT2D eigenvalue weighted by Crippen LogP contribution is -2.42. The first-order valence-electron chi connectivity index (χ1n) is 6.98. The van der Waals surface area contributed by atoms with E-state index in [-0.39, 0.29) is 12.5 Å². The van der Waals surface area contributed by atoms with E-state index in [2.05, 4.69) is 5.32 Å². The number of nitrogens with one attached hydrogen (secondary N) is 1. The minimum absolute atomic E-state index is 0.166. The first kappa shape index (κ1) is 15.3. The number of carbonyl (C=O) groups is 1. The van der Waals surface area contributed by atoms with Crippen LogP contribution >= 0.6 is 0 Å². The number of aryl methyl sites for hydroxylation is 2. The maximum atomic E-state index is 12.1. The molecule has 0 saturated carbocycles. The van der Waals surface area contributed by atoms with E-state index >= 15 is 0 Å². The summed E-state index contributed by atoms with van der Waals surface area (Å²) in [5.41, 5.74) is 1.78. The molecule has 1 atom stereocenters. The van der Waals surface area contributed by atoms with Gasteiger partial charge in [-0.05, 0) is 56.2 Å². The minimum Gasteiger partial charge on any atom is -0.469 e. The summed E-state index contributed by atoms with van der Waals surface area (Å²) in [4.78, 5) is 12.1. The number of hydrogen-bond donors (Lipinski definition) is 2. The van der Waals surface area contributed by atoms with Gasteiger partial charge in [0.15, 0.2) is 0 Å². The van der Waals surface area contributed by atoms with Crippen molar-refractivity contribution in [1.82, 2.24) is 5.32 Å². The molecule has 21 heavy (non-hydrogen) atoms. The zero-order valence-electron chi connectivity index (χ0n) is 12.6. The van der Waals surface area contributed by atoms with E-state index in [0.29, 0.717) is 17.7 Å². The molecule has 2 rings (SSSR count). The lowest BCUT2D eigenvalue weighted by Gasteiger charge is -2.22. The van der Waals surface area contributed by atoms with Crippen LogP contribution in [-0.4, -0.2) is 23.2 Å². The monoisotopic (exact) mass is 287 g/mol. The fraction of sp³-hybridized carbons (Fsp3) is 0.353. The van der Waals surface area contributed by atoms with Crippen molar-refractivity contribution in [3.63, 3.8) is 0 Å². The zero-order valence-corrected chi connectivity index (χ0v) is 12.6. The van der Waals surface area contributed by atoms with Crippen LogP contribution in [0.15, 0.2) is 41.0 Å². The van der Waals surface area contributed by atoms with E-state index in [0.717, 1.165) is 11.1 Å². The van der Waals surface area contributed by atoms with Gasteiger partial charge in [0.25, 0.3) is 5.91 Å². The van der Waals surface area contributed by atoms with Crippen LogP contribution in [0.2, 0.25) is 0 Å². The third-order valence-corrected chi connectivity index (χ3v) is 3.53. The Bertz CT molecular complexity index is 615. The summed E-state index contributed by atoms with van der Waals surface area (Å²) in [6.07, 6.45) is 1.92. The molecule has 0 radical (unpaired) electrons. The fourth-order valence-electron chi connectivity index (χ4n) is 2.11. The SMILES string of the molecule is Cc1ccc(C(=O)NCC(C)(O)Cc2ccco2)cc1C. The molecular weight excluding hydrogens is 266 g/mol. The lowest BCUT2D eigenvalue weighted by molar-refractivity contribution is 0.0510. The van der Waals surface area contributed by atoms with Gasteiger partial charge in [0, 0.05) is 18.5 Å². The van der Waals surface area contributed by atoms with Crippen molar-refractivity contribution >= 4 is 5.91 Å². The maximum absolute atomic E-state index is 12.1. The van der Waals surface area contributed by atoms with Gasteiger partial charge in [-0.2, -0.15) is 0 Å². The van der Waals surface area contributed by atoms with E-state index in [4.69, 9.17) is 4.42 Å². The van der Waals surface area contributed by atoms with Crippen molar-refractivity contribution in [2.24, 2.45) is 0 Å². The largest absolute Gasteiger partial charge is 0.469 e. The summed E-state index contributed by atoms with van der Waals surface area (Å²) in [7, 11) is 0. The first-order valence-corrected chi connectivity index (χ1v) is 6.98. The van der Waals surface area contributed by atoms with Crippen molar-refractivity contribution in [2.45, 2.75) is 32.8 Å². The normalized spacial score (nSPS) is 13.7. The third kappa shape index (κ3) is 4.20. The van der Waals surface area contributed by atoms with Crippen LogP contribution in [0.25, 0.3) is 0 Å². The molecule has 1 amide bonds. The average molecular weight is 287 g/mol. The van der Waals surface area contributed by atoms with Gasteiger partial charge < -0.3 is 14.8 Å². The van der Waals surface area contributed by atoms with Crippen molar-refractivity contribution in [1.29, 1.82) is 0 Å². The van der Waals surface area contributed by atoms with E-state index in [1.54, 1.807) is 31.4 Å². The molecule has 0 spiro atoms. The van der Waals surface area contributed by atoms with Crippen LogP contribution < -0.4 is 5.32 Å². The molecule has 0 aliphatic heterocycles. The molecule has 2 N–H and O–H groups in total. The number of hydrogen-bond acceptors (Lipinski definition) is 3. The Hall–Kier alpha value is -2.07. The highest BCUT2D eigenvalue weighted by atomic mass is 16.3. The van der Waals surface area contributed by atoms with Crippen LogP contribution in [0, 0.1) is 13.8 Å². The summed E-state index contributed by atoms with van der Waals surface area (Å²) in [6.45, 7) is 5.82. The number of amides is 1. The average Bonchev–Trinajstić information content (AvgIpc) is 2.91. The highest BCUT2D eigenvalue weighted by Gasteiger charge is 2.23. The number of rotatable bonds is 5. The van der Waals surface area contributed by atoms with Crippen molar-refractivity contribution < 1.29 is 14.3 Å². The number of aliphatic hydroxyl groups is 1. The van der Waals surface area contributed by atoms with E-state index in [1.165, 1.54) is 0 Å². The molecule has 2 aromatic rings. The van der Waals surface area contributed by atoms with Crippen LogP contribution in [0.4, 0.5) is 0 Å². The second kappa shape index (κ2) is 6.14. The summed E-state index contributed by atoms with van der Waals surface area (Å²) in [6, 6.07) is 9.15. The van der Waals surface area contributed by atoms with Crippen LogP contribution in [0.3, 0.4) is 0 Å². The Kier molecular flexibility index (Phi) is 4.48. The fourth-order valence-corrected chi connectivity index (χ4v) is 2.11. The lowest BCUT2D eigenvalue weighted by atomic mass is 10.0. The smallest absolute Gasteiger partial charge is 0.251 e. The Labute approximate surface area is 124 Å². The predicted octanol–water partition coefficient (Wildman–Crippen LogP) is 2.62. The van der Waals surface area contributed by atoms with E-state index in [9.17, 15) is 9.90 Å². The summed E-state index contributed by atoms with van der Waals surface area (Å²) in [5.74, 6) is 0.512. The van der Waals surface area contributed by atoms with Gasteiger partial charge in [-0.1, -0.05) is 6.07 Å². The van der Waals surface area contributed by atoms with Crippen molar-refractivity contribution in [2.75, 3.05) is 6.54 Å². The highest BCUT2D eigenvalue weighted by molar-refractivity contribution is 5.94. The second-order valence-electron chi connectivity index (χ2n) is 5.73. The van der Waals surface area contributed by atoms with Gasteiger partial charge in [0.05, 0.1) is 11.9 Å². The number of furan rings is 1. The molecule has 0 fully saturated rings. The van der Waals surface area contributed by atoms with Gasteiger partial charge >= 0.3 is 0 Å². The minimum atomic E-state index is -1.05. The van der Waals surface area contributed by atoms with Crippen LogP contribution in [0.1, 0.15) is 34.2 Å². The van der Waals surface area contributed by atoms with Crippen LogP contribution in [0.5, 0.6) is 0 Å². The molecule has 0 aliphatic rings. The quantitative estimate of drug-likeness (QED) is 0.888. The number of benzene rings is 1.